The van der Waals surface area contributed by atoms with Crippen LogP contribution in [0.5, 0.6) is 0 Å². The van der Waals surface area contributed by atoms with Crippen molar-refractivity contribution in [3.05, 3.63) is 0 Å². The average Bonchev–Trinajstić information content (AvgIpc) is 0. The van der Waals surface area contributed by atoms with Gasteiger partial charge in [0.15, 0.2) is 17.4 Å². The van der Waals surface area contributed by atoms with Crippen molar-refractivity contribution in [3.8, 4) is 0 Å². The molecule has 0 saturated heterocycles. The Kier molecular flexibility index (Phi) is 633. The molecule has 46 valence electrons. The van der Waals surface area contributed by atoms with Gasteiger partial charge in [0, 0.05) is 0 Å². The Bertz CT molecular complexity index is 19.2. The minimum Gasteiger partial charge on any atom is -0.0149 e. The fraction of sp³-hybridized carbons (Fsp3) is 0. The largest absolute Gasteiger partial charge is 0.0149 e. The van der Waals surface area contributed by atoms with E-state index < -0.39 is 0 Å². The van der Waals surface area contributed by atoms with Crippen molar-refractivity contribution in [2.24, 2.45) is 0 Å². The minimum absolute atomic E-state index is 0. The Morgan fingerprint density at radius 3 is 0.750 bits per heavy atom. The first kappa shape index (κ1) is 81.2. The molecular weight excluding hydrogens is 205 g/mol. The monoisotopic (exact) mass is 222 g/mol. The zero-order valence-corrected chi connectivity index (χ0v) is 1.50. The van der Waals surface area contributed by atoms with Crippen molar-refractivity contribution in [1.29, 1.82) is 0 Å². The van der Waals surface area contributed by atoms with E-state index in [-0.39, 0.29) is 163 Å². The molecule has 6 N–H and O–H groups in total. The Balaban J connectivity index is 0. The van der Waals surface area contributed by atoms with Gasteiger partial charge < -0.3 is 16.4 Å². The zero-order valence-electron chi connectivity index (χ0n) is 1.50. The molecular formula is H17AlCaKNaO3Si. The van der Waals surface area contributed by atoms with E-state index in [0.717, 1.165) is 0 Å². The van der Waals surface area contributed by atoms with E-state index in [0.29, 0.717) is 0 Å². The number of hydrogen-bond donors (Lipinski definition) is 0. The molecule has 0 spiro atoms. The molecule has 0 radical (unpaired) electrons. The smallest absolute Gasteiger partial charge is 0.0149 e. The molecule has 0 aromatic heterocycles. The molecule has 0 aromatic carbocycles. The van der Waals surface area contributed by atoms with Gasteiger partial charge in [-0.25, -0.2) is 0 Å². The molecule has 8 heavy (non-hydrogen) atoms. The van der Waals surface area contributed by atoms with Crippen molar-refractivity contribution in [2.45, 2.75) is 0 Å². The molecule has 0 bridgehead atoms. The van der Waals surface area contributed by atoms with Crippen LogP contribution >= 0.6 is 0 Å². The second-order valence-electron chi connectivity index (χ2n) is 0. The van der Waals surface area contributed by atoms with E-state index in [2.05, 4.69) is 0 Å². The van der Waals surface area contributed by atoms with Crippen LogP contribution in [-0.2, 0) is 0 Å². The normalized spacial score (nSPS) is 0. The maximum atomic E-state index is 0. The van der Waals surface area contributed by atoms with Gasteiger partial charge in [0.2, 0.25) is 0 Å². The Labute approximate surface area is 159 Å². The number of rotatable bonds is 0. The molecule has 0 amide bonds. The maximum absolute atomic E-state index is 0. The first-order valence-corrected chi connectivity index (χ1v) is 0. The fourth-order valence-electron chi connectivity index (χ4n) is 0. The van der Waals surface area contributed by atoms with Crippen LogP contribution in [0.2, 0.25) is 0 Å². The molecule has 0 atom stereocenters. The summed E-state index contributed by atoms with van der Waals surface area (Å²) in [6.07, 6.45) is 0. The molecule has 0 aliphatic carbocycles. The molecule has 8 heteroatoms. The van der Waals surface area contributed by atoms with Gasteiger partial charge in [0.05, 0.1) is 0 Å². The van der Waals surface area contributed by atoms with Gasteiger partial charge in [0.1, 0.15) is 0 Å². The molecule has 3 nitrogen and oxygen atoms in total. The van der Waals surface area contributed by atoms with Crippen LogP contribution < -0.4 is 0 Å². The second-order valence-corrected chi connectivity index (χ2v) is 0. The van der Waals surface area contributed by atoms with Crippen LogP contribution in [-0.4, -0.2) is 163 Å². The first-order valence-electron chi connectivity index (χ1n) is 0. The molecule has 0 aromatic rings. The van der Waals surface area contributed by atoms with Crippen LogP contribution in [0.15, 0.2) is 0 Å². The Morgan fingerprint density at radius 1 is 0.750 bits per heavy atom. The van der Waals surface area contributed by atoms with Gasteiger partial charge in [-0.3, -0.25) is 0 Å². The summed E-state index contributed by atoms with van der Waals surface area (Å²) in [6.45, 7) is 0. The van der Waals surface area contributed by atoms with E-state index in [4.69, 9.17) is 0 Å². The SMILES string of the molecule is O.O.O.[AlH3].[CaH2].[KH].[NaH].[SiH4]. The van der Waals surface area contributed by atoms with E-state index in [1.54, 1.807) is 0 Å². The summed E-state index contributed by atoms with van der Waals surface area (Å²) in [5.41, 5.74) is 0. The van der Waals surface area contributed by atoms with Gasteiger partial charge >= 0.3 is 119 Å². The van der Waals surface area contributed by atoms with Crippen molar-refractivity contribution >= 4 is 147 Å². The van der Waals surface area contributed by atoms with Crippen LogP contribution in [0, 0.1) is 0 Å². The van der Waals surface area contributed by atoms with E-state index >= 15 is 0 Å². The molecule has 0 heterocycles. The topological polar surface area (TPSA) is 94.5 Å². The van der Waals surface area contributed by atoms with Crippen LogP contribution in [0.3, 0.4) is 0 Å². The zero-order chi connectivity index (χ0) is 0. The maximum Gasteiger partial charge on any atom is -0.0149 e. The Morgan fingerprint density at radius 2 is 0.750 bits per heavy atom. The third-order valence-corrected chi connectivity index (χ3v) is 0. The third kappa shape index (κ3) is 46.6. The molecule has 0 fully saturated rings. The number of hydrogen-bond acceptors (Lipinski definition) is 0. The predicted octanol–water partition coefficient (Wildman–Crippen LogP) is -7.32. The van der Waals surface area contributed by atoms with Crippen LogP contribution in [0.4, 0.5) is 0 Å². The second kappa shape index (κ2) is 62.3. The first-order chi connectivity index (χ1) is 0. The van der Waals surface area contributed by atoms with Gasteiger partial charge in [-0.15, -0.1) is 0 Å². The van der Waals surface area contributed by atoms with E-state index in [9.17, 15) is 0 Å². The minimum atomic E-state index is 0. The van der Waals surface area contributed by atoms with E-state index in [1.807, 2.05) is 0 Å². The van der Waals surface area contributed by atoms with Gasteiger partial charge in [0.25, 0.3) is 0 Å². The third-order valence-electron chi connectivity index (χ3n) is 0. The predicted molar refractivity (Wildman–Crippen MR) is 55.0 cm³/mol. The molecule has 0 unspecified atom stereocenters. The average molecular weight is 222 g/mol. The molecule has 0 saturated carbocycles. The molecule has 0 aliphatic heterocycles. The molecule has 0 aliphatic rings. The van der Waals surface area contributed by atoms with Gasteiger partial charge in [-0.05, 0) is 11.0 Å². The van der Waals surface area contributed by atoms with Crippen LogP contribution in [0.1, 0.15) is 0 Å². The summed E-state index contributed by atoms with van der Waals surface area (Å²) in [6, 6.07) is 0. The van der Waals surface area contributed by atoms with Gasteiger partial charge in [-0.1, -0.05) is 0 Å². The molecule has 0 rings (SSSR count). The summed E-state index contributed by atoms with van der Waals surface area (Å²) in [5.74, 6) is 0. The summed E-state index contributed by atoms with van der Waals surface area (Å²) < 4.78 is 0. The van der Waals surface area contributed by atoms with Crippen molar-refractivity contribution in [1.82, 2.24) is 0 Å². The summed E-state index contributed by atoms with van der Waals surface area (Å²) in [5, 5.41) is 0. The van der Waals surface area contributed by atoms with Crippen molar-refractivity contribution in [3.63, 3.8) is 0 Å². The van der Waals surface area contributed by atoms with Crippen molar-refractivity contribution in [2.75, 3.05) is 0 Å². The summed E-state index contributed by atoms with van der Waals surface area (Å²) in [4.78, 5) is 0. The van der Waals surface area contributed by atoms with Gasteiger partial charge in [-0.2, -0.15) is 0 Å². The quantitative estimate of drug-likeness (QED) is 0.364. The van der Waals surface area contributed by atoms with Crippen molar-refractivity contribution < 1.29 is 16.4 Å². The standard InChI is InChI=1S/Al.Ca.K.Na.3H2O.H4Si.7H/h;;;;3*1H2;1H4;;;;;;;. The Hall–Kier alpha value is 4.53. The van der Waals surface area contributed by atoms with Crippen LogP contribution in [0.25, 0.3) is 0 Å². The van der Waals surface area contributed by atoms with E-state index in [1.165, 1.54) is 0 Å². The summed E-state index contributed by atoms with van der Waals surface area (Å²) in [7, 11) is 0. The fourth-order valence-corrected chi connectivity index (χ4v) is 0. The summed E-state index contributed by atoms with van der Waals surface area (Å²) >= 11 is 0.